The fraction of sp³-hybridized carbons (Fsp3) is 0.238. The van der Waals surface area contributed by atoms with Crippen molar-refractivity contribution in [2.24, 2.45) is 0 Å². The highest BCUT2D eigenvalue weighted by Crippen LogP contribution is 2.24. The van der Waals surface area contributed by atoms with E-state index in [2.05, 4.69) is 0 Å². The molecule has 0 saturated carbocycles. The van der Waals surface area contributed by atoms with Crippen LogP contribution in [0, 0.1) is 18.3 Å². The van der Waals surface area contributed by atoms with Gasteiger partial charge in [0.2, 0.25) is 5.91 Å². The molecule has 1 aliphatic heterocycles. The maximum absolute atomic E-state index is 12.4. The van der Waals surface area contributed by atoms with Crippen molar-refractivity contribution < 1.29 is 14.4 Å². The zero-order valence-corrected chi connectivity index (χ0v) is 15.2. The molecule has 6 nitrogen and oxygen atoms in total. The summed E-state index contributed by atoms with van der Waals surface area (Å²) in [6, 6.07) is 14.0. The lowest BCUT2D eigenvalue weighted by Gasteiger charge is -2.18. The third-order valence-corrected chi connectivity index (χ3v) is 4.64. The maximum Gasteiger partial charge on any atom is 0.261 e. The van der Waals surface area contributed by atoms with Crippen LogP contribution in [0.2, 0.25) is 0 Å². The Morgan fingerprint density at radius 2 is 1.85 bits per heavy atom. The van der Waals surface area contributed by atoms with Crippen molar-refractivity contribution in [1.82, 2.24) is 4.90 Å². The summed E-state index contributed by atoms with van der Waals surface area (Å²) in [5, 5.41) is 8.96. The first-order valence-electron chi connectivity index (χ1n) is 8.66. The van der Waals surface area contributed by atoms with Crippen molar-refractivity contribution in [3.8, 4) is 6.07 Å². The average molecular weight is 361 g/mol. The number of nitriles is 1. The molecular formula is C21H19N3O3. The first kappa shape index (κ1) is 18.3. The number of nitrogens with zero attached hydrogens (tertiary/aromatic N) is 3. The fourth-order valence-electron chi connectivity index (χ4n) is 3.09. The number of rotatable bonds is 5. The second-order valence-corrected chi connectivity index (χ2v) is 6.53. The molecule has 0 N–H and O–H groups in total. The van der Waals surface area contributed by atoms with Gasteiger partial charge in [0.05, 0.1) is 22.8 Å². The monoisotopic (exact) mass is 361 g/mol. The Bertz CT molecular complexity index is 975. The van der Waals surface area contributed by atoms with E-state index in [9.17, 15) is 14.4 Å². The highest BCUT2D eigenvalue weighted by atomic mass is 16.2. The zero-order valence-electron chi connectivity index (χ0n) is 15.2. The van der Waals surface area contributed by atoms with Crippen LogP contribution in [-0.2, 0) is 4.79 Å². The van der Waals surface area contributed by atoms with Crippen molar-refractivity contribution in [2.45, 2.75) is 19.8 Å². The maximum atomic E-state index is 12.4. The first-order valence-corrected chi connectivity index (χ1v) is 8.66. The highest BCUT2D eigenvalue weighted by molar-refractivity contribution is 6.21. The molecule has 0 unspecified atom stereocenters. The van der Waals surface area contributed by atoms with Crippen LogP contribution in [0.4, 0.5) is 5.69 Å². The van der Waals surface area contributed by atoms with Gasteiger partial charge in [0, 0.05) is 25.7 Å². The van der Waals surface area contributed by atoms with Gasteiger partial charge in [-0.2, -0.15) is 5.26 Å². The van der Waals surface area contributed by atoms with Crippen molar-refractivity contribution in [3.05, 3.63) is 64.7 Å². The summed E-state index contributed by atoms with van der Waals surface area (Å²) < 4.78 is 0. The van der Waals surface area contributed by atoms with Gasteiger partial charge in [-0.15, -0.1) is 0 Å². The van der Waals surface area contributed by atoms with Crippen LogP contribution in [0.1, 0.15) is 44.7 Å². The van der Waals surface area contributed by atoms with Crippen molar-refractivity contribution in [2.75, 3.05) is 18.5 Å². The number of aryl methyl sites for hydroxylation is 1. The van der Waals surface area contributed by atoms with Gasteiger partial charge in [0.25, 0.3) is 11.8 Å². The quantitative estimate of drug-likeness (QED) is 0.767. The SMILES string of the molecule is Cc1ccc2c(c1)C(=O)N(CCCC(=O)N(C)c1cccc(C#N)c1)C2=O. The standard InChI is InChI=1S/C21H19N3O3/c1-14-8-9-17-18(11-14)21(27)24(20(17)26)10-4-7-19(25)23(2)16-6-3-5-15(12-16)13-22/h3,5-6,8-9,11-12H,4,7,10H2,1-2H3. The summed E-state index contributed by atoms with van der Waals surface area (Å²) in [6.45, 7) is 2.07. The van der Waals surface area contributed by atoms with Crippen LogP contribution in [0.15, 0.2) is 42.5 Å². The van der Waals surface area contributed by atoms with E-state index in [1.165, 1.54) is 9.80 Å². The predicted molar refractivity (Wildman–Crippen MR) is 100 cm³/mol. The number of hydrogen-bond acceptors (Lipinski definition) is 4. The van der Waals surface area contributed by atoms with E-state index in [0.717, 1.165) is 5.56 Å². The van der Waals surface area contributed by atoms with Gasteiger partial charge in [-0.05, 0) is 43.7 Å². The molecule has 0 aliphatic carbocycles. The summed E-state index contributed by atoms with van der Waals surface area (Å²) in [6.07, 6.45) is 0.575. The van der Waals surface area contributed by atoms with E-state index >= 15 is 0 Å². The van der Waals surface area contributed by atoms with Gasteiger partial charge in [-0.1, -0.05) is 17.7 Å². The molecule has 0 radical (unpaired) electrons. The Morgan fingerprint density at radius 1 is 1.11 bits per heavy atom. The van der Waals surface area contributed by atoms with Crippen LogP contribution in [0.25, 0.3) is 0 Å². The Kier molecular flexibility index (Phi) is 5.04. The molecule has 0 fully saturated rings. The minimum Gasteiger partial charge on any atom is -0.315 e. The molecule has 0 saturated heterocycles. The zero-order chi connectivity index (χ0) is 19.6. The average Bonchev–Trinajstić information content (AvgIpc) is 2.91. The number of benzene rings is 2. The predicted octanol–water partition coefficient (Wildman–Crippen LogP) is 2.91. The Hall–Kier alpha value is -3.46. The van der Waals surface area contributed by atoms with Crippen molar-refractivity contribution >= 4 is 23.4 Å². The Balaban J connectivity index is 1.60. The van der Waals surface area contributed by atoms with Gasteiger partial charge >= 0.3 is 0 Å². The lowest BCUT2D eigenvalue weighted by Crippen LogP contribution is -2.32. The molecule has 6 heteroatoms. The molecule has 3 amide bonds. The van der Waals surface area contributed by atoms with Crippen LogP contribution in [0.3, 0.4) is 0 Å². The van der Waals surface area contributed by atoms with Crippen LogP contribution < -0.4 is 4.90 Å². The Labute approximate surface area is 157 Å². The fourth-order valence-corrected chi connectivity index (χ4v) is 3.09. The molecule has 27 heavy (non-hydrogen) atoms. The molecule has 1 aliphatic rings. The smallest absolute Gasteiger partial charge is 0.261 e. The van der Waals surface area contributed by atoms with E-state index < -0.39 is 0 Å². The van der Waals surface area contributed by atoms with Crippen molar-refractivity contribution in [3.63, 3.8) is 0 Å². The van der Waals surface area contributed by atoms with Crippen molar-refractivity contribution in [1.29, 1.82) is 5.26 Å². The number of amides is 3. The number of carbonyl (C=O) groups is 3. The first-order chi connectivity index (χ1) is 12.9. The molecule has 2 aromatic carbocycles. The van der Waals surface area contributed by atoms with E-state index in [-0.39, 0.29) is 30.7 Å². The number of fused-ring (bicyclic) bond motifs is 1. The van der Waals surface area contributed by atoms with E-state index in [0.29, 0.717) is 28.8 Å². The number of imide groups is 1. The molecule has 0 aromatic heterocycles. The molecular weight excluding hydrogens is 342 g/mol. The van der Waals surface area contributed by atoms with E-state index in [1.807, 2.05) is 13.0 Å². The second kappa shape index (κ2) is 7.42. The van der Waals surface area contributed by atoms with Gasteiger partial charge < -0.3 is 4.90 Å². The summed E-state index contributed by atoms with van der Waals surface area (Å²) in [7, 11) is 1.64. The lowest BCUT2D eigenvalue weighted by molar-refractivity contribution is -0.118. The van der Waals surface area contributed by atoms with Crippen LogP contribution >= 0.6 is 0 Å². The minimum atomic E-state index is -0.308. The number of carbonyl (C=O) groups excluding carboxylic acids is 3. The molecule has 1 heterocycles. The summed E-state index contributed by atoms with van der Waals surface area (Å²) in [4.78, 5) is 39.9. The van der Waals surface area contributed by atoms with Crippen LogP contribution in [-0.4, -0.2) is 36.2 Å². The Morgan fingerprint density at radius 3 is 2.59 bits per heavy atom. The summed E-state index contributed by atoms with van der Waals surface area (Å²) >= 11 is 0. The van der Waals surface area contributed by atoms with Gasteiger partial charge in [-0.25, -0.2) is 0 Å². The van der Waals surface area contributed by atoms with Crippen LogP contribution in [0.5, 0.6) is 0 Å². The highest BCUT2D eigenvalue weighted by Gasteiger charge is 2.35. The topological polar surface area (TPSA) is 81.5 Å². The third-order valence-electron chi connectivity index (χ3n) is 4.64. The summed E-state index contributed by atoms with van der Waals surface area (Å²) in [5.41, 5.74) is 2.89. The lowest BCUT2D eigenvalue weighted by atomic mass is 10.1. The molecule has 0 atom stereocenters. The number of anilines is 1. The van der Waals surface area contributed by atoms with Gasteiger partial charge in [-0.3, -0.25) is 19.3 Å². The van der Waals surface area contributed by atoms with E-state index in [1.54, 1.807) is 49.5 Å². The van der Waals surface area contributed by atoms with Gasteiger partial charge in [0.15, 0.2) is 0 Å². The molecule has 0 bridgehead atoms. The van der Waals surface area contributed by atoms with Gasteiger partial charge in [0.1, 0.15) is 0 Å². The molecule has 136 valence electrons. The number of hydrogen-bond donors (Lipinski definition) is 0. The molecule has 0 spiro atoms. The molecule has 3 rings (SSSR count). The second-order valence-electron chi connectivity index (χ2n) is 6.53. The third kappa shape index (κ3) is 3.58. The molecule has 2 aromatic rings. The largest absolute Gasteiger partial charge is 0.315 e. The minimum absolute atomic E-state index is 0.141. The van der Waals surface area contributed by atoms with E-state index in [4.69, 9.17) is 5.26 Å². The summed E-state index contributed by atoms with van der Waals surface area (Å²) in [5.74, 6) is -0.753. The normalized spacial score (nSPS) is 12.7.